The van der Waals surface area contributed by atoms with E-state index in [0.29, 0.717) is 5.41 Å². The maximum Gasteiger partial charge on any atom is 0.119 e. The van der Waals surface area contributed by atoms with Crippen molar-refractivity contribution in [3.8, 4) is 5.75 Å². The van der Waals surface area contributed by atoms with Crippen molar-refractivity contribution in [2.24, 2.45) is 0 Å². The summed E-state index contributed by atoms with van der Waals surface area (Å²) in [5.74, 6) is 0.985. The average Bonchev–Trinajstić information content (AvgIpc) is 3.03. The maximum atomic E-state index is 5.85. The first-order valence-corrected chi connectivity index (χ1v) is 10.6. The lowest BCUT2D eigenvalue weighted by Crippen LogP contribution is -2.45. The monoisotopic (exact) mass is 362 g/mol. The Morgan fingerprint density at radius 3 is 2.63 bits per heavy atom. The number of ether oxygens (including phenoxy) is 1. The molecule has 0 atom stereocenters. The number of hydrogen-bond acceptors (Lipinski definition) is 3. The van der Waals surface area contributed by atoms with Crippen LogP contribution in [0.15, 0.2) is 48.5 Å². The number of rotatable bonds is 5. The lowest BCUT2D eigenvalue weighted by atomic mass is 9.74. The first-order chi connectivity index (χ1) is 13.3. The zero-order valence-electron chi connectivity index (χ0n) is 16.2. The fourth-order valence-electron chi connectivity index (χ4n) is 5.40. The summed E-state index contributed by atoms with van der Waals surface area (Å²) >= 11 is 0. The number of para-hydroxylation sites is 2. The van der Waals surface area contributed by atoms with Gasteiger partial charge in [0.15, 0.2) is 0 Å². The number of fused-ring (bicyclic) bond motifs is 1. The molecular formula is C24H30N2O. The molecule has 142 valence electrons. The van der Waals surface area contributed by atoms with Gasteiger partial charge in [-0.05, 0) is 68.5 Å². The van der Waals surface area contributed by atoms with E-state index in [1.165, 1.54) is 51.9 Å². The summed E-state index contributed by atoms with van der Waals surface area (Å²) in [4.78, 5) is 5.34. The number of anilines is 1. The van der Waals surface area contributed by atoms with Gasteiger partial charge in [0.2, 0.25) is 0 Å². The van der Waals surface area contributed by atoms with Crippen molar-refractivity contribution in [2.45, 2.75) is 37.5 Å². The van der Waals surface area contributed by atoms with Gasteiger partial charge < -0.3 is 14.5 Å². The van der Waals surface area contributed by atoms with Crippen molar-refractivity contribution in [2.75, 3.05) is 44.2 Å². The molecule has 0 saturated carbocycles. The first kappa shape index (κ1) is 17.1. The van der Waals surface area contributed by atoms with E-state index >= 15 is 0 Å². The lowest BCUT2D eigenvalue weighted by molar-refractivity contribution is 0.156. The zero-order chi connectivity index (χ0) is 18.1. The van der Waals surface area contributed by atoms with Gasteiger partial charge in [-0.15, -0.1) is 0 Å². The highest BCUT2D eigenvalue weighted by Crippen LogP contribution is 2.49. The van der Waals surface area contributed by atoms with E-state index in [2.05, 4.69) is 28.0 Å². The Labute approximate surface area is 162 Å². The molecule has 3 aliphatic heterocycles. The Balaban J connectivity index is 1.16. The smallest absolute Gasteiger partial charge is 0.119 e. The molecule has 0 aliphatic carbocycles. The molecule has 0 unspecified atom stereocenters. The first-order valence-electron chi connectivity index (χ1n) is 10.6. The van der Waals surface area contributed by atoms with Crippen molar-refractivity contribution >= 4 is 5.69 Å². The quantitative estimate of drug-likeness (QED) is 0.740. The molecule has 0 bridgehead atoms. The molecule has 3 heteroatoms. The highest BCUT2D eigenvalue weighted by molar-refractivity contribution is 5.68. The van der Waals surface area contributed by atoms with Crippen LogP contribution in [-0.4, -0.2) is 44.2 Å². The fourth-order valence-corrected chi connectivity index (χ4v) is 5.40. The minimum atomic E-state index is 0.409. The Morgan fingerprint density at radius 1 is 0.926 bits per heavy atom. The van der Waals surface area contributed by atoms with Crippen LogP contribution in [0.2, 0.25) is 0 Å². The fraction of sp³-hybridized carbons (Fsp3) is 0.500. The number of aryl methyl sites for hydroxylation is 1. The topological polar surface area (TPSA) is 15.7 Å². The van der Waals surface area contributed by atoms with E-state index in [-0.39, 0.29) is 0 Å². The molecule has 3 nitrogen and oxygen atoms in total. The summed E-state index contributed by atoms with van der Waals surface area (Å²) in [6, 6.07) is 17.2. The van der Waals surface area contributed by atoms with Crippen LogP contribution in [0.3, 0.4) is 0 Å². The standard InChI is InChI=1S/C24H30N2O/c1-2-9-21(10-3-1)27-18-6-14-25-16-12-24(13-17-25)19-26-15-5-8-20-7-4-11-22(24)23(20)26/h1-4,7,9-11H,5-6,8,12-19H2. The van der Waals surface area contributed by atoms with E-state index in [1.54, 1.807) is 16.8 Å². The van der Waals surface area contributed by atoms with Gasteiger partial charge in [-0.3, -0.25) is 0 Å². The Hall–Kier alpha value is -2.00. The molecular weight excluding hydrogens is 332 g/mol. The van der Waals surface area contributed by atoms with Crippen LogP contribution >= 0.6 is 0 Å². The van der Waals surface area contributed by atoms with Gasteiger partial charge in [0.1, 0.15) is 5.75 Å². The van der Waals surface area contributed by atoms with Gasteiger partial charge >= 0.3 is 0 Å². The van der Waals surface area contributed by atoms with E-state index < -0.39 is 0 Å². The molecule has 3 heterocycles. The number of likely N-dealkylation sites (tertiary alicyclic amines) is 1. The third-order valence-electron chi connectivity index (χ3n) is 6.82. The van der Waals surface area contributed by atoms with Crippen LogP contribution in [0, 0.1) is 0 Å². The largest absolute Gasteiger partial charge is 0.494 e. The average molecular weight is 363 g/mol. The Kier molecular flexibility index (Phi) is 4.56. The van der Waals surface area contributed by atoms with E-state index in [4.69, 9.17) is 4.74 Å². The Bertz CT molecular complexity index is 780. The van der Waals surface area contributed by atoms with Crippen LogP contribution in [0.5, 0.6) is 5.75 Å². The van der Waals surface area contributed by atoms with E-state index in [9.17, 15) is 0 Å². The van der Waals surface area contributed by atoms with Crippen molar-refractivity contribution in [3.63, 3.8) is 0 Å². The van der Waals surface area contributed by atoms with Crippen LogP contribution in [-0.2, 0) is 11.8 Å². The van der Waals surface area contributed by atoms with Crippen molar-refractivity contribution in [1.82, 2.24) is 4.90 Å². The Morgan fingerprint density at radius 2 is 1.78 bits per heavy atom. The van der Waals surface area contributed by atoms with E-state index in [0.717, 1.165) is 25.3 Å². The number of hydrogen-bond donors (Lipinski definition) is 0. The van der Waals surface area contributed by atoms with E-state index in [1.807, 2.05) is 30.3 Å². The van der Waals surface area contributed by atoms with Gasteiger partial charge in [0.25, 0.3) is 0 Å². The second-order valence-electron chi connectivity index (χ2n) is 8.48. The summed E-state index contributed by atoms with van der Waals surface area (Å²) in [7, 11) is 0. The molecule has 3 aliphatic rings. The van der Waals surface area contributed by atoms with Crippen LogP contribution in [0.25, 0.3) is 0 Å². The lowest BCUT2D eigenvalue weighted by Gasteiger charge is -2.40. The molecule has 2 aromatic rings. The SMILES string of the molecule is c1ccc(OCCCN2CCC3(CC2)CN2CCCc4cccc3c42)cc1. The van der Waals surface area contributed by atoms with Gasteiger partial charge in [0.05, 0.1) is 6.61 Å². The predicted octanol–water partition coefficient (Wildman–Crippen LogP) is 4.26. The molecule has 27 heavy (non-hydrogen) atoms. The summed E-state index contributed by atoms with van der Waals surface area (Å²) < 4.78 is 5.85. The second-order valence-corrected chi connectivity index (χ2v) is 8.48. The highest BCUT2D eigenvalue weighted by Gasteiger charge is 2.45. The number of benzene rings is 2. The molecule has 1 fully saturated rings. The summed E-state index contributed by atoms with van der Waals surface area (Å²) in [5.41, 5.74) is 5.27. The molecule has 5 rings (SSSR count). The summed E-state index contributed by atoms with van der Waals surface area (Å²) in [6.45, 7) is 6.92. The van der Waals surface area contributed by atoms with Crippen LogP contribution in [0.1, 0.15) is 36.8 Å². The molecule has 0 aromatic heterocycles. The molecule has 0 amide bonds. The van der Waals surface area contributed by atoms with Gasteiger partial charge in [-0.1, -0.05) is 36.4 Å². The minimum absolute atomic E-state index is 0.409. The van der Waals surface area contributed by atoms with Crippen molar-refractivity contribution in [3.05, 3.63) is 59.7 Å². The third-order valence-corrected chi connectivity index (χ3v) is 6.82. The van der Waals surface area contributed by atoms with Crippen LogP contribution < -0.4 is 9.64 Å². The minimum Gasteiger partial charge on any atom is -0.494 e. The van der Waals surface area contributed by atoms with Gasteiger partial charge in [-0.2, -0.15) is 0 Å². The van der Waals surface area contributed by atoms with Gasteiger partial charge in [-0.25, -0.2) is 0 Å². The highest BCUT2D eigenvalue weighted by atomic mass is 16.5. The molecule has 1 spiro atoms. The maximum absolute atomic E-state index is 5.85. The molecule has 0 N–H and O–H groups in total. The predicted molar refractivity (Wildman–Crippen MR) is 111 cm³/mol. The summed E-state index contributed by atoms with van der Waals surface area (Å²) in [5, 5.41) is 0. The van der Waals surface area contributed by atoms with Crippen LogP contribution in [0.4, 0.5) is 5.69 Å². The van der Waals surface area contributed by atoms with Crippen molar-refractivity contribution < 1.29 is 4.74 Å². The van der Waals surface area contributed by atoms with Gasteiger partial charge in [0, 0.05) is 30.7 Å². The number of piperidine rings is 1. The molecule has 2 aromatic carbocycles. The normalized spacial score (nSPS) is 20.7. The number of nitrogens with zero attached hydrogens (tertiary/aromatic N) is 2. The van der Waals surface area contributed by atoms with Crippen molar-refractivity contribution in [1.29, 1.82) is 0 Å². The summed E-state index contributed by atoms with van der Waals surface area (Å²) in [6.07, 6.45) is 6.30. The molecule has 0 radical (unpaired) electrons. The zero-order valence-corrected chi connectivity index (χ0v) is 16.2. The molecule has 1 saturated heterocycles. The third kappa shape index (κ3) is 3.23. The second kappa shape index (κ2) is 7.20.